The minimum atomic E-state index is -2.64. The third-order valence-electron chi connectivity index (χ3n) is 6.33. The van der Waals surface area contributed by atoms with Gasteiger partial charge < -0.3 is 36.8 Å². The van der Waals surface area contributed by atoms with Gasteiger partial charge in [-0.1, -0.05) is 12.8 Å². The first-order valence-corrected chi connectivity index (χ1v) is 16.5. The molecule has 189 valence electrons. The summed E-state index contributed by atoms with van der Waals surface area (Å²) in [6.45, 7) is 7.07. The molecule has 1 saturated heterocycles. The second-order valence-corrected chi connectivity index (χ2v) is 15.8. The van der Waals surface area contributed by atoms with E-state index >= 15 is 0 Å². The molecule has 1 rings (SSSR count). The Balaban J connectivity index is 2.42. The summed E-state index contributed by atoms with van der Waals surface area (Å²) in [5.41, 5.74) is 0. The molecule has 0 N–H and O–H groups in total. The van der Waals surface area contributed by atoms with Gasteiger partial charge in [0.2, 0.25) is 0 Å². The van der Waals surface area contributed by atoms with Gasteiger partial charge in [-0.15, -0.1) is 0 Å². The van der Waals surface area contributed by atoms with Crippen molar-refractivity contribution in [3.8, 4) is 0 Å². The molecular formula is C21H48N3O5Si3. The number of nitrogens with zero attached hydrogens (tertiary/aromatic N) is 3. The topological polar surface area (TPSA) is 55.9 Å². The fraction of sp³-hybridized carbons (Fsp3) is 1.00. The van der Waals surface area contributed by atoms with Gasteiger partial charge in [-0.25, -0.2) is 0 Å². The first-order chi connectivity index (χ1) is 15.4. The summed E-state index contributed by atoms with van der Waals surface area (Å²) < 4.78 is 28.4. The van der Waals surface area contributed by atoms with Crippen LogP contribution in [0, 0.1) is 0 Å². The third-order valence-corrected chi connectivity index (χ3v) is 14.0. The maximum absolute atomic E-state index is 5.88. The van der Waals surface area contributed by atoms with Gasteiger partial charge in [0.05, 0.1) is 9.52 Å². The smallest absolute Gasteiger partial charge is 0.397 e. The number of hydrogen-bond acceptors (Lipinski definition) is 8. The number of piperazine rings is 1. The van der Waals surface area contributed by atoms with Crippen LogP contribution in [0.2, 0.25) is 11.2 Å². The van der Waals surface area contributed by atoms with Gasteiger partial charge in [-0.3, -0.25) is 0 Å². The molecule has 0 saturated carbocycles. The largest absolute Gasteiger partial charge is 0.500 e. The summed E-state index contributed by atoms with van der Waals surface area (Å²) >= 11 is 0. The van der Waals surface area contributed by atoms with Crippen molar-refractivity contribution in [2.75, 3.05) is 95.1 Å². The molecule has 11 heteroatoms. The van der Waals surface area contributed by atoms with Gasteiger partial charge in [0, 0.05) is 66.9 Å². The average molecular weight is 507 g/mol. The molecule has 0 aromatic rings. The van der Waals surface area contributed by atoms with Crippen molar-refractivity contribution in [2.45, 2.75) is 43.3 Å². The molecule has 0 aliphatic carbocycles. The molecule has 0 aromatic heterocycles. The lowest BCUT2D eigenvalue weighted by Crippen LogP contribution is -2.51. The second kappa shape index (κ2) is 17.7. The van der Waals surface area contributed by atoms with E-state index in [1.165, 1.54) is 52.0 Å². The van der Waals surface area contributed by atoms with Gasteiger partial charge in [-0.2, -0.15) is 0 Å². The van der Waals surface area contributed by atoms with E-state index in [0.29, 0.717) is 5.16 Å². The Morgan fingerprint density at radius 1 is 0.906 bits per heavy atom. The number of likely N-dealkylation sites (N-methyl/N-ethyl adjacent to an activating group) is 1. The van der Waals surface area contributed by atoms with Gasteiger partial charge in [-0.05, 0) is 58.7 Å². The van der Waals surface area contributed by atoms with Gasteiger partial charge in [0.1, 0.15) is 0 Å². The number of unbranched alkanes of at least 4 members (excludes halogenated alkanes) is 2. The quantitative estimate of drug-likeness (QED) is 0.194. The van der Waals surface area contributed by atoms with Crippen LogP contribution >= 0.6 is 0 Å². The molecule has 1 atom stereocenters. The minimum absolute atomic E-state index is 0.353. The Hall–Kier alpha value is 0.331. The number of hydrogen-bond donors (Lipinski definition) is 0. The molecule has 1 aliphatic rings. The van der Waals surface area contributed by atoms with E-state index in [2.05, 4.69) is 28.8 Å². The van der Waals surface area contributed by atoms with Crippen LogP contribution in [-0.2, 0) is 22.1 Å². The molecule has 32 heavy (non-hydrogen) atoms. The zero-order valence-electron chi connectivity index (χ0n) is 21.7. The fourth-order valence-electron chi connectivity index (χ4n) is 4.14. The monoisotopic (exact) mass is 506 g/mol. The molecular weight excluding hydrogens is 459 g/mol. The lowest BCUT2D eigenvalue weighted by molar-refractivity contribution is 0.118. The van der Waals surface area contributed by atoms with Crippen LogP contribution in [-0.4, -0.2) is 137 Å². The molecule has 0 spiro atoms. The molecule has 1 heterocycles. The van der Waals surface area contributed by atoms with Crippen LogP contribution < -0.4 is 0 Å². The van der Waals surface area contributed by atoms with Crippen molar-refractivity contribution < 1.29 is 22.1 Å². The zero-order chi connectivity index (χ0) is 23.8. The van der Waals surface area contributed by atoms with Crippen LogP contribution in [0.4, 0.5) is 0 Å². The first kappa shape index (κ1) is 30.4. The predicted octanol–water partition coefficient (Wildman–Crippen LogP) is 1.76. The molecule has 8 nitrogen and oxygen atoms in total. The molecule has 1 aliphatic heterocycles. The van der Waals surface area contributed by atoms with Crippen LogP contribution in [0.15, 0.2) is 0 Å². The SMILES string of the molecule is CO[Si](CCCN(C)C[Si]C(CCCCCN1CCN(C)CC1)[Si](OC)(OC)OC)OC. The summed E-state index contributed by atoms with van der Waals surface area (Å²) in [7, 11) is 10.1. The standard InChI is InChI=1S/C21H48N3O5Si3/c1-22-15-17-24(18-16-22)14-10-8-9-12-21(32(27-5,28-6)29-7)30-20-23(2)13-11-19-31(25-3)26-4/h21H,8-20H2,1-7H3. The van der Waals surface area contributed by atoms with E-state index in [-0.39, 0.29) is 0 Å². The van der Waals surface area contributed by atoms with E-state index in [1.54, 1.807) is 35.5 Å². The summed E-state index contributed by atoms with van der Waals surface area (Å²) in [6, 6.07) is 1.01. The van der Waals surface area contributed by atoms with E-state index in [9.17, 15) is 0 Å². The molecule has 1 unspecified atom stereocenters. The number of rotatable bonds is 19. The van der Waals surface area contributed by atoms with Crippen molar-refractivity contribution in [3.63, 3.8) is 0 Å². The highest BCUT2D eigenvalue weighted by Gasteiger charge is 2.46. The summed E-state index contributed by atoms with van der Waals surface area (Å²) in [5.74, 6) is 0. The third kappa shape index (κ3) is 11.2. The van der Waals surface area contributed by atoms with E-state index in [4.69, 9.17) is 22.1 Å². The molecule has 0 aromatic carbocycles. The average Bonchev–Trinajstić information content (AvgIpc) is 2.82. The van der Waals surface area contributed by atoms with Crippen molar-refractivity contribution in [2.24, 2.45) is 0 Å². The van der Waals surface area contributed by atoms with Gasteiger partial charge in [0.25, 0.3) is 0 Å². The van der Waals surface area contributed by atoms with Crippen molar-refractivity contribution in [3.05, 3.63) is 0 Å². The van der Waals surface area contributed by atoms with Crippen molar-refractivity contribution in [1.82, 2.24) is 14.7 Å². The van der Waals surface area contributed by atoms with Crippen LogP contribution in [0.1, 0.15) is 32.1 Å². The Morgan fingerprint density at radius 2 is 1.53 bits per heavy atom. The lowest BCUT2D eigenvalue weighted by atomic mass is 10.2. The lowest BCUT2D eigenvalue weighted by Gasteiger charge is -2.33. The minimum Gasteiger partial charge on any atom is -0.397 e. The van der Waals surface area contributed by atoms with Crippen molar-refractivity contribution >= 4 is 27.6 Å². The maximum atomic E-state index is 5.88. The van der Waals surface area contributed by atoms with E-state index in [1.807, 2.05) is 0 Å². The van der Waals surface area contributed by atoms with Crippen LogP contribution in [0.25, 0.3) is 0 Å². The Kier molecular flexibility index (Phi) is 16.8. The van der Waals surface area contributed by atoms with E-state index < -0.39 is 18.1 Å². The summed E-state index contributed by atoms with van der Waals surface area (Å²) in [6.07, 6.45) is 6.96. The Bertz CT molecular complexity index is 446. The van der Waals surface area contributed by atoms with Crippen LogP contribution in [0.3, 0.4) is 0 Å². The summed E-state index contributed by atoms with van der Waals surface area (Å²) in [5, 5.41) is 0.353. The Morgan fingerprint density at radius 3 is 2.09 bits per heavy atom. The molecule has 1 fully saturated rings. The molecule has 3 radical (unpaired) electrons. The Labute approximate surface area is 202 Å². The van der Waals surface area contributed by atoms with E-state index in [0.717, 1.165) is 41.1 Å². The highest BCUT2D eigenvalue weighted by molar-refractivity contribution is 6.73. The van der Waals surface area contributed by atoms with Crippen molar-refractivity contribution in [1.29, 1.82) is 0 Å². The second-order valence-electron chi connectivity index (χ2n) is 8.59. The normalized spacial score (nSPS) is 17.5. The van der Waals surface area contributed by atoms with Gasteiger partial charge >= 0.3 is 18.1 Å². The molecule has 0 amide bonds. The first-order valence-electron chi connectivity index (χ1n) is 11.9. The molecule has 0 bridgehead atoms. The predicted molar refractivity (Wildman–Crippen MR) is 135 cm³/mol. The highest BCUT2D eigenvalue weighted by atomic mass is 28.4. The maximum Gasteiger partial charge on any atom is 0.500 e. The highest BCUT2D eigenvalue weighted by Crippen LogP contribution is 2.29. The zero-order valence-corrected chi connectivity index (χ0v) is 24.7. The van der Waals surface area contributed by atoms with Crippen LogP contribution in [0.5, 0.6) is 0 Å². The fourth-order valence-corrected chi connectivity index (χ4v) is 10.5. The van der Waals surface area contributed by atoms with Gasteiger partial charge in [0.15, 0.2) is 0 Å². The summed E-state index contributed by atoms with van der Waals surface area (Å²) in [4.78, 5) is 7.43.